The fourth-order valence-corrected chi connectivity index (χ4v) is 4.73. The zero-order valence-electron chi connectivity index (χ0n) is 18.2. The lowest BCUT2D eigenvalue weighted by atomic mass is 9.90. The van der Waals surface area contributed by atoms with Crippen molar-refractivity contribution in [3.8, 4) is 44.8 Å². The molecule has 1 N–H and O–H groups in total. The minimum absolute atomic E-state index is 1.15. The van der Waals surface area contributed by atoms with E-state index >= 15 is 0 Å². The highest BCUT2D eigenvalue weighted by molar-refractivity contribution is 6.17. The van der Waals surface area contributed by atoms with Crippen LogP contribution in [0, 0.1) is 0 Å². The Balaban J connectivity index is 1.79. The van der Waals surface area contributed by atoms with Gasteiger partial charge in [0.25, 0.3) is 0 Å². The van der Waals surface area contributed by atoms with E-state index in [1.807, 2.05) is 0 Å². The maximum atomic E-state index is 3.84. The van der Waals surface area contributed by atoms with E-state index in [1.54, 1.807) is 0 Å². The van der Waals surface area contributed by atoms with Gasteiger partial charge in [-0.25, -0.2) is 0 Å². The molecule has 0 radical (unpaired) electrons. The van der Waals surface area contributed by atoms with E-state index in [2.05, 4.69) is 138 Å². The first kappa shape index (κ1) is 19.3. The Kier molecular flexibility index (Phi) is 4.86. The molecule has 0 bridgehead atoms. The summed E-state index contributed by atoms with van der Waals surface area (Å²) in [5, 5.41) is 2.51. The highest BCUT2D eigenvalue weighted by Crippen LogP contribution is 2.45. The molecular formula is C32H23N. The van der Waals surface area contributed by atoms with Gasteiger partial charge in [-0.3, -0.25) is 0 Å². The zero-order chi connectivity index (χ0) is 22.0. The van der Waals surface area contributed by atoms with Crippen LogP contribution in [0.25, 0.3) is 55.5 Å². The summed E-state index contributed by atoms with van der Waals surface area (Å²) in [5.74, 6) is 0. The second-order valence-corrected chi connectivity index (χ2v) is 8.25. The largest absolute Gasteiger partial charge is 0.353 e. The van der Waals surface area contributed by atoms with Gasteiger partial charge in [0.1, 0.15) is 0 Å². The van der Waals surface area contributed by atoms with Crippen molar-refractivity contribution >= 4 is 10.8 Å². The molecule has 0 fully saturated rings. The van der Waals surface area contributed by atoms with Gasteiger partial charge in [0.05, 0.1) is 11.4 Å². The Morgan fingerprint density at radius 3 is 0.939 bits per heavy atom. The van der Waals surface area contributed by atoms with Crippen molar-refractivity contribution < 1.29 is 0 Å². The van der Waals surface area contributed by atoms with Gasteiger partial charge in [0, 0.05) is 10.8 Å². The van der Waals surface area contributed by atoms with Crippen LogP contribution in [0.2, 0.25) is 0 Å². The summed E-state index contributed by atoms with van der Waals surface area (Å²) in [6.07, 6.45) is 0. The summed E-state index contributed by atoms with van der Waals surface area (Å²) < 4.78 is 0. The lowest BCUT2D eigenvalue weighted by Gasteiger charge is -2.12. The molecule has 1 heterocycles. The Labute approximate surface area is 194 Å². The van der Waals surface area contributed by atoms with Gasteiger partial charge in [0.15, 0.2) is 0 Å². The first-order valence-corrected chi connectivity index (χ1v) is 11.3. The van der Waals surface area contributed by atoms with E-state index in [0.29, 0.717) is 0 Å². The molecule has 0 aliphatic heterocycles. The van der Waals surface area contributed by atoms with Crippen LogP contribution in [-0.2, 0) is 0 Å². The van der Waals surface area contributed by atoms with Crippen LogP contribution in [0.4, 0.5) is 0 Å². The molecule has 0 amide bonds. The van der Waals surface area contributed by atoms with E-state index in [4.69, 9.17) is 0 Å². The van der Waals surface area contributed by atoms with Gasteiger partial charge >= 0.3 is 0 Å². The van der Waals surface area contributed by atoms with Gasteiger partial charge in [-0.1, -0.05) is 133 Å². The van der Waals surface area contributed by atoms with Gasteiger partial charge in [-0.05, 0) is 33.4 Å². The Hall–Kier alpha value is -4.36. The second-order valence-electron chi connectivity index (χ2n) is 8.25. The maximum Gasteiger partial charge on any atom is 0.0545 e. The average Bonchev–Trinajstić information content (AvgIpc) is 3.31. The van der Waals surface area contributed by atoms with E-state index < -0.39 is 0 Å². The van der Waals surface area contributed by atoms with Crippen LogP contribution in [-0.4, -0.2) is 4.98 Å². The predicted molar refractivity (Wildman–Crippen MR) is 140 cm³/mol. The fraction of sp³-hybridized carbons (Fsp3) is 0. The molecular weight excluding hydrogens is 398 g/mol. The third-order valence-corrected chi connectivity index (χ3v) is 6.25. The fourth-order valence-electron chi connectivity index (χ4n) is 4.73. The zero-order valence-corrected chi connectivity index (χ0v) is 18.2. The molecule has 1 heteroatoms. The summed E-state index contributed by atoms with van der Waals surface area (Å²) in [4.78, 5) is 3.84. The molecule has 0 unspecified atom stereocenters. The quantitative estimate of drug-likeness (QED) is 0.293. The number of fused-ring (bicyclic) bond motifs is 1. The number of rotatable bonds is 4. The number of hydrogen-bond acceptors (Lipinski definition) is 0. The predicted octanol–water partition coefficient (Wildman–Crippen LogP) is 8.84. The molecule has 33 heavy (non-hydrogen) atoms. The van der Waals surface area contributed by atoms with Gasteiger partial charge in [0.2, 0.25) is 0 Å². The number of aromatic nitrogens is 1. The van der Waals surface area contributed by atoms with Crippen LogP contribution < -0.4 is 0 Å². The molecule has 0 spiro atoms. The van der Waals surface area contributed by atoms with Gasteiger partial charge in [-0.15, -0.1) is 0 Å². The summed E-state index contributed by atoms with van der Waals surface area (Å²) in [6.45, 7) is 0. The molecule has 6 aromatic rings. The Morgan fingerprint density at radius 2 is 0.606 bits per heavy atom. The third kappa shape index (κ3) is 3.44. The number of aromatic amines is 1. The van der Waals surface area contributed by atoms with E-state index in [1.165, 1.54) is 44.2 Å². The molecule has 0 saturated carbocycles. The topological polar surface area (TPSA) is 15.8 Å². The standard InChI is InChI=1S/C32H23N/c1-5-13-23(14-6-1)27-21-22-28(24-15-7-2-8-16-24)30-29(27)31(25-17-9-3-10-18-25)33-32(30)26-19-11-4-12-20-26/h1-22,33H. The molecule has 0 aliphatic carbocycles. The van der Waals surface area contributed by atoms with Crippen LogP contribution >= 0.6 is 0 Å². The van der Waals surface area contributed by atoms with Crippen LogP contribution in [0.1, 0.15) is 0 Å². The molecule has 156 valence electrons. The number of benzene rings is 5. The first-order valence-electron chi connectivity index (χ1n) is 11.3. The summed E-state index contributed by atoms with van der Waals surface area (Å²) in [6, 6.07) is 47.2. The van der Waals surface area contributed by atoms with Crippen molar-refractivity contribution in [2.45, 2.75) is 0 Å². The molecule has 6 rings (SSSR count). The lowest BCUT2D eigenvalue weighted by Crippen LogP contribution is -1.86. The average molecular weight is 422 g/mol. The van der Waals surface area contributed by atoms with E-state index in [-0.39, 0.29) is 0 Å². The number of nitrogens with one attached hydrogen (secondary N) is 1. The molecule has 0 aliphatic rings. The monoisotopic (exact) mass is 421 g/mol. The normalized spacial score (nSPS) is 11.0. The first-order chi connectivity index (χ1) is 16.4. The Bertz CT molecular complexity index is 1400. The van der Waals surface area contributed by atoms with E-state index in [0.717, 1.165) is 11.4 Å². The van der Waals surface area contributed by atoms with Crippen LogP contribution in [0.15, 0.2) is 133 Å². The second kappa shape index (κ2) is 8.29. The summed E-state index contributed by atoms with van der Waals surface area (Å²) in [5.41, 5.74) is 9.60. The van der Waals surface area contributed by atoms with Crippen LogP contribution in [0.5, 0.6) is 0 Å². The number of hydrogen-bond donors (Lipinski definition) is 1. The van der Waals surface area contributed by atoms with Crippen molar-refractivity contribution in [3.05, 3.63) is 133 Å². The molecule has 5 aromatic carbocycles. The highest BCUT2D eigenvalue weighted by Gasteiger charge is 2.20. The minimum Gasteiger partial charge on any atom is -0.353 e. The van der Waals surface area contributed by atoms with Crippen molar-refractivity contribution in [2.75, 3.05) is 0 Å². The van der Waals surface area contributed by atoms with Gasteiger partial charge in [-0.2, -0.15) is 0 Å². The summed E-state index contributed by atoms with van der Waals surface area (Å²) in [7, 11) is 0. The smallest absolute Gasteiger partial charge is 0.0545 e. The van der Waals surface area contributed by atoms with E-state index in [9.17, 15) is 0 Å². The van der Waals surface area contributed by atoms with Crippen molar-refractivity contribution in [1.82, 2.24) is 4.98 Å². The third-order valence-electron chi connectivity index (χ3n) is 6.25. The molecule has 1 nitrogen and oxygen atoms in total. The molecule has 1 aromatic heterocycles. The SMILES string of the molecule is c1ccc(-c2ccc(-c3ccccc3)c3c(-c4ccccc4)[nH]c(-c4ccccc4)c23)cc1. The lowest BCUT2D eigenvalue weighted by molar-refractivity contribution is 1.40. The van der Waals surface area contributed by atoms with Crippen molar-refractivity contribution in [3.63, 3.8) is 0 Å². The maximum absolute atomic E-state index is 3.84. The highest BCUT2D eigenvalue weighted by atomic mass is 14.7. The molecule has 0 saturated heterocycles. The van der Waals surface area contributed by atoms with Crippen molar-refractivity contribution in [1.29, 1.82) is 0 Å². The van der Waals surface area contributed by atoms with Crippen molar-refractivity contribution in [2.24, 2.45) is 0 Å². The molecule has 0 atom stereocenters. The van der Waals surface area contributed by atoms with Crippen LogP contribution in [0.3, 0.4) is 0 Å². The Morgan fingerprint density at radius 1 is 0.303 bits per heavy atom. The van der Waals surface area contributed by atoms with Gasteiger partial charge < -0.3 is 4.98 Å². The minimum atomic E-state index is 1.15. The summed E-state index contributed by atoms with van der Waals surface area (Å²) >= 11 is 0. The number of H-pyrrole nitrogens is 1.